The maximum Gasteiger partial charge on any atom is 0.167 e. The molecule has 4 heteroatoms. The van der Waals surface area contributed by atoms with Gasteiger partial charge in [0.2, 0.25) is 0 Å². The van der Waals surface area contributed by atoms with Gasteiger partial charge >= 0.3 is 0 Å². The molecule has 0 aliphatic carbocycles. The molecule has 2 rings (SSSR count). The molecule has 1 nitrogen and oxygen atoms in total. The zero-order valence-electron chi connectivity index (χ0n) is 9.29. The number of benzene rings is 2. The highest BCUT2D eigenvalue weighted by molar-refractivity contribution is 14.1. The van der Waals surface area contributed by atoms with Gasteiger partial charge in [0, 0.05) is 20.0 Å². The Bertz CT molecular complexity index is 598. The van der Waals surface area contributed by atoms with Gasteiger partial charge in [-0.2, -0.15) is 0 Å². The van der Waals surface area contributed by atoms with E-state index in [1.807, 2.05) is 36.4 Å². The lowest BCUT2D eigenvalue weighted by atomic mass is 10.0. The summed E-state index contributed by atoms with van der Waals surface area (Å²) in [5, 5.41) is 0.619. The van der Waals surface area contributed by atoms with Crippen LogP contribution in [0.15, 0.2) is 46.9 Å². The number of rotatable bonds is 3. The molecule has 0 atom stereocenters. The van der Waals surface area contributed by atoms with Gasteiger partial charge in [0.05, 0.1) is 5.02 Å². The summed E-state index contributed by atoms with van der Waals surface area (Å²) in [5.74, 6) is 0.0696. The van der Waals surface area contributed by atoms with Crippen molar-refractivity contribution in [3.8, 4) is 0 Å². The van der Waals surface area contributed by atoms with Gasteiger partial charge in [-0.15, -0.1) is 0 Å². The standard InChI is InChI=1S/C14H9BrClIO/c15-11-4-2-1-3-9(11)8-14(18)10-5-6-13(17)12(16)7-10/h1-7H,8H2. The third-order valence-electron chi connectivity index (χ3n) is 2.55. The van der Waals surface area contributed by atoms with Gasteiger partial charge in [-0.05, 0) is 46.4 Å². The zero-order chi connectivity index (χ0) is 13.1. The number of hydrogen-bond acceptors (Lipinski definition) is 1. The van der Waals surface area contributed by atoms with E-state index < -0.39 is 0 Å². The summed E-state index contributed by atoms with van der Waals surface area (Å²) in [6.07, 6.45) is 0.373. The molecule has 0 heterocycles. The van der Waals surface area contributed by atoms with Crippen LogP contribution in [0.25, 0.3) is 0 Å². The fraction of sp³-hybridized carbons (Fsp3) is 0.0714. The average molecular weight is 435 g/mol. The Morgan fingerprint density at radius 1 is 1.22 bits per heavy atom. The van der Waals surface area contributed by atoms with Crippen molar-refractivity contribution in [2.45, 2.75) is 6.42 Å². The molecular formula is C14H9BrClIO. The summed E-state index contributed by atoms with van der Waals surface area (Å²) < 4.78 is 1.90. The van der Waals surface area contributed by atoms with Crippen LogP contribution in [0.5, 0.6) is 0 Å². The SMILES string of the molecule is O=C(Cc1ccccc1Br)c1ccc(I)c(Cl)c1. The molecule has 0 N–H and O–H groups in total. The molecule has 0 aliphatic rings. The third kappa shape index (κ3) is 3.33. The molecule has 92 valence electrons. The molecule has 0 saturated heterocycles. The van der Waals surface area contributed by atoms with Crippen molar-refractivity contribution < 1.29 is 4.79 Å². The van der Waals surface area contributed by atoms with E-state index in [1.165, 1.54) is 0 Å². The summed E-state index contributed by atoms with van der Waals surface area (Å²) in [4.78, 5) is 12.1. The second kappa shape index (κ2) is 6.17. The largest absolute Gasteiger partial charge is 0.294 e. The molecule has 0 fully saturated rings. The van der Waals surface area contributed by atoms with E-state index >= 15 is 0 Å². The number of carbonyl (C=O) groups is 1. The van der Waals surface area contributed by atoms with Crippen LogP contribution in [0.1, 0.15) is 15.9 Å². The van der Waals surface area contributed by atoms with Crippen molar-refractivity contribution in [2.24, 2.45) is 0 Å². The van der Waals surface area contributed by atoms with Crippen LogP contribution in [-0.2, 0) is 6.42 Å². The van der Waals surface area contributed by atoms with Crippen LogP contribution in [0, 0.1) is 3.57 Å². The first-order chi connectivity index (χ1) is 8.58. The third-order valence-corrected chi connectivity index (χ3v) is 4.90. The highest BCUT2D eigenvalue weighted by atomic mass is 127. The quantitative estimate of drug-likeness (QED) is 0.482. The number of ketones is 1. The number of hydrogen-bond donors (Lipinski definition) is 0. The predicted octanol–water partition coefficient (Wildman–Crippen LogP) is 5.13. The van der Waals surface area contributed by atoms with Gasteiger partial charge in [-0.1, -0.05) is 51.8 Å². The maximum absolute atomic E-state index is 12.1. The van der Waals surface area contributed by atoms with E-state index in [0.29, 0.717) is 17.0 Å². The fourth-order valence-electron chi connectivity index (χ4n) is 1.59. The minimum atomic E-state index is 0.0696. The lowest BCUT2D eigenvalue weighted by Gasteiger charge is -2.05. The molecule has 0 aliphatic heterocycles. The van der Waals surface area contributed by atoms with Crippen molar-refractivity contribution in [3.63, 3.8) is 0 Å². The van der Waals surface area contributed by atoms with E-state index in [4.69, 9.17) is 11.6 Å². The predicted molar refractivity (Wildman–Crippen MR) is 86.3 cm³/mol. The smallest absolute Gasteiger partial charge is 0.167 e. The number of carbonyl (C=O) groups excluding carboxylic acids is 1. The lowest BCUT2D eigenvalue weighted by molar-refractivity contribution is 0.0993. The van der Waals surface area contributed by atoms with Crippen molar-refractivity contribution in [1.29, 1.82) is 0 Å². The number of halogens is 3. The van der Waals surface area contributed by atoms with Crippen molar-refractivity contribution in [3.05, 3.63) is 66.7 Å². The molecule has 0 spiro atoms. The summed E-state index contributed by atoms with van der Waals surface area (Å²) in [7, 11) is 0. The van der Waals surface area contributed by atoms with Crippen molar-refractivity contribution in [1.82, 2.24) is 0 Å². The first-order valence-corrected chi connectivity index (χ1v) is 7.54. The van der Waals surface area contributed by atoms with Gasteiger partial charge in [0.15, 0.2) is 5.78 Å². The Kier molecular flexibility index (Phi) is 4.81. The summed E-state index contributed by atoms with van der Waals surface area (Å²) >= 11 is 11.6. The maximum atomic E-state index is 12.1. The minimum absolute atomic E-state index is 0.0696. The fourth-order valence-corrected chi connectivity index (χ4v) is 2.53. The second-order valence-corrected chi connectivity index (χ2v) is 6.24. The van der Waals surface area contributed by atoms with Crippen molar-refractivity contribution >= 4 is 55.9 Å². The second-order valence-electron chi connectivity index (χ2n) is 3.82. The normalized spacial score (nSPS) is 10.4. The first kappa shape index (κ1) is 14.0. The lowest BCUT2D eigenvalue weighted by Crippen LogP contribution is -2.04. The van der Waals surface area contributed by atoms with E-state index in [2.05, 4.69) is 38.5 Å². The average Bonchev–Trinajstić information content (AvgIpc) is 2.35. The summed E-state index contributed by atoms with van der Waals surface area (Å²) in [6, 6.07) is 13.1. The van der Waals surface area contributed by atoms with E-state index in [0.717, 1.165) is 13.6 Å². The Morgan fingerprint density at radius 3 is 2.61 bits per heavy atom. The Labute approximate surface area is 133 Å². The van der Waals surface area contributed by atoms with Crippen LogP contribution in [0.3, 0.4) is 0 Å². The van der Waals surface area contributed by atoms with E-state index in [-0.39, 0.29) is 5.78 Å². The molecule has 0 unspecified atom stereocenters. The van der Waals surface area contributed by atoms with Gasteiger partial charge in [0.1, 0.15) is 0 Å². The molecule has 18 heavy (non-hydrogen) atoms. The molecule has 0 radical (unpaired) electrons. The molecule has 0 saturated carbocycles. The first-order valence-electron chi connectivity index (χ1n) is 5.29. The summed E-state index contributed by atoms with van der Waals surface area (Å²) in [5.41, 5.74) is 1.63. The van der Waals surface area contributed by atoms with Crippen LogP contribution < -0.4 is 0 Å². The Hall–Kier alpha value is -0.390. The van der Waals surface area contributed by atoms with Gasteiger partial charge < -0.3 is 0 Å². The van der Waals surface area contributed by atoms with Crippen LogP contribution in [-0.4, -0.2) is 5.78 Å². The molecular weight excluding hydrogens is 426 g/mol. The van der Waals surface area contributed by atoms with E-state index in [9.17, 15) is 4.79 Å². The van der Waals surface area contributed by atoms with Crippen LogP contribution >= 0.6 is 50.1 Å². The van der Waals surface area contributed by atoms with Crippen LogP contribution in [0.2, 0.25) is 5.02 Å². The Balaban J connectivity index is 2.22. The zero-order valence-corrected chi connectivity index (χ0v) is 13.8. The molecule has 2 aromatic rings. The molecule has 2 aromatic carbocycles. The van der Waals surface area contributed by atoms with Gasteiger partial charge in [-0.25, -0.2) is 0 Å². The monoisotopic (exact) mass is 434 g/mol. The topological polar surface area (TPSA) is 17.1 Å². The van der Waals surface area contributed by atoms with Gasteiger partial charge in [-0.3, -0.25) is 4.79 Å². The summed E-state index contributed by atoms with van der Waals surface area (Å²) in [6.45, 7) is 0. The highest BCUT2D eigenvalue weighted by Gasteiger charge is 2.10. The molecule has 0 bridgehead atoms. The van der Waals surface area contributed by atoms with Crippen LogP contribution in [0.4, 0.5) is 0 Å². The number of Topliss-reactive ketones (excluding diaryl/α,β-unsaturated/α-hetero) is 1. The molecule has 0 aromatic heterocycles. The minimum Gasteiger partial charge on any atom is -0.294 e. The molecule has 0 amide bonds. The van der Waals surface area contributed by atoms with E-state index in [1.54, 1.807) is 6.07 Å². The Morgan fingerprint density at radius 2 is 1.94 bits per heavy atom. The van der Waals surface area contributed by atoms with Crippen molar-refractivity contribution in [2.75, 3.05) is 0 Å². The van der Waals surface area contributed by atoms with Gasteiger partial charge in [0.25, 0.3) is 0 Å². The highest BCUT2D eigenvalue weighted by Crippen LogP contribution is 2.22.